The molecule has 0 bridgehead atoms. The molecule has 0 amide bonds. The number of carbonyl (C=O) groups excluding carboxylic acids is 1. The molecule has 2 aromatic rings. The molecule has 0 atom stereocenters. The van der Waals surface area contributed by atoms with E-state index in [1.54, 1.807) is 19.2 Å². The van der Waals surface area contributed by atoms with Crippen LogP contribution in [0.5, 0.6) is 0 Å². The first-order valence-corrected chi connectivity index (χ1v) is 4.92. The molecule has 82 valence electrons. The Hall–Kier alpha value is -2.16. The van der Waals surface area contributed by atoms with Crippen LogP contribution in [0.2, 0.25) is 0 Å². The van der Waals surface area contributed by atoms with E-state index in [-0.39, 0.29) is 5.78 Å². The van der Waals surface area contributed by atoms with Crippen LogP contribution in [0.4, 0.5) is 5.82 Å². The highest BCUT2D eigenvalue weighted by molar-refractivity contribution is 5.93. The molecule has 1 aromatic carbocycles. The fourth-order valence-electron chi connectivity index (χ4n) is 1.05. The second-order valence-electron chi connectivity index (χ2n) is 3.18. The molecule has 1 aromatic heterocycles. The van der Waals surface area contributed by atoms with E-state index in [4.69, 9.17) is 5.73 Å². The summed E-state index contributed by atoms with van der Waals surface area (Å²) in [4.78, 5) is 14.4. The normalized spacial score (nSPS) is 8.81. The van der Waals surface area contributed by atoms with Crippen LogP contribution in [0.3, 0.4) is 0 Å². The first-order chi connectivity index (χ1) is 7.70. The Labute approximate surface area is 94.9 Å². The molecule has 0 spiro atoms. The van der Waals surface area contributed by atoms with Gasteiger partial charge in [0.2, 0.25) is 0 Å². The maximum atomic E-state index is 10.6. The van der Waals surface area contributed by atoms with Crippen molar-refractivity contribution in [2.75, 3.05) is 5.73 Å². The van der Waals surface area contributed by atoms with Gasteiger partial charge >= 0.3 is 0 Å². The summed E-state index contributed by atoms with van der Waals surface area (Å²) in [5, 5.41) is 0. The number of pyridine rings is 1. The van der Waals surface area contributed by atoms with Crippen molar-refractivity contribution in [2.45, 2.75) is 6.92 Å². The first-order valence-electron chi connectivity index (χ1n) is 4.92. The van der Waals surface area contributed by atoms with Crippen LogP contribution in [-0.2, 0) is 0 Å². The average Bonchev–Trinajstić information content (AvgIpc) is 2.32. The van der Waals surface area contributed by atoms with Crippen molar-refractivity contribution in [1.82, 2.24) is 4.98 Å². The van der Waals surface area contributed by atoms with Gasteiger partial charge in [0.25, 0.3) is 0 Å². The summed E-state index contributed by atoms with van der Waals surface area (Å²) in [6, 6.07) is 14.7. The number of anilines is 1. The molecular weight excluding hydrogens is 200 g/mol. The molecule has 0 aliphatic rings. The number of carbonyl (C=O) groups is 1. The number of aromatic nitrogens is 1. The summed E-state index contributed by atoms with van der Waals surface area (Å²) in [6.07, 6.45) is 1.66. The Morgan fingerprint density at radius 2 is 1.69 bits per heavy atom. The predicted octanol–water partition coefficient (Wildman–Crippen LogP) is 2.55. The Morgan fingerprint density at radius 3 is 2.00 bits per heavy atom. The first kappa shape index (κ1) is 11.9. The van der Waals surface area contributed by atoms with E-state index in [1.807, 2.05) is 42.5 Å². The van der Waals surface area contributed by atoms with E-state index in [0.29, 0.717) is 5.82 Å². The maximum Gasteiger partial charge on any atom is 0.159 e. The molecule has 2 N–H and O–H groups in total. The van der Waals surface area contributed by atoms with Crippen molar-refractivity contribution in [3.8, 4) is 0 Å². The smallest absolute Gasteiger partial charge is 0.159 e. The van der Waals surface area contributed by atoms with Gasteiger partial charge in [-0.2, -0.15) is 0 Å². The molecule has 3 heteroatoms. The highest BCUT2D eigenvalue weighted by atomic mass is 16.1. The van der Waals surface area contributed by atoms with E-state index in [2.05, 4.69) is 4.98 Å². The van der Waals surface area contributed by atoms with Crippen LogP contribution in [0.1, 0.15) is 17.3 Å². The van der Waals surface area contributed by atoms with Gasteiger partial charge in [-0.3, -0.25) is 4.79 Å². The molecule has 3 nitrogen and oxygen atoms in total. The molecule has 0 saturated carbocycles. The van der Waals surface area contributed by atoms with Gasteiger partial charge in [0, 0.05) is 11.8 Å². The summed E-state index contributed by atoms with van der Waals surface area (Å²) < 4.78 is 0. The van der Waals surface area contributed by atoms with Crippen molar-refractivity contribution in [2.24, 2.45) is 0 Å². The highest BCUT2D eigenvalue weighted by Crippen LogP contribution is 1.97. The molecule has 1 heterocycles. The van der Waals surface area contributed by atoms with Crippen molar-refractivity contribution < 1.29 is 4.79 Å². The van der Waals surface area contributed by atoms with Gasteiger partial charge in [-0.15, -0.1) is 0 Å². The van der Waals surface area contributed by atoms with Gasteiger partial charge in [-0.25, -0.2) is 4.98 Å². The van der Waals surface area contributed by atoms with Crippen molar-refractivity contribution in [3.05, 3.63) is 60.3 Å². The van der Waals surface area contributed by atoms with Crippen LogP contribution in [0.15, 0.2) is 54.7 Å². The van der Waals surface area contributed by atoms with Gasteiger partial charge < -0.3 is 5.73 Å². The van der Waals surface area contributed by atoms with Crippen LogP contribution >= 0.6 is 0 Å². The number of Topliss-reactive ketones (excluding diaryl/α,β-unsaturated/α-hetero) is 1. The number of nitrogen functional groups attached to an aromatic ring is 1. The fourth-order valence-corrected chi connectivity index (χ4v) is 1.05. The monoisotopic (exact) mass is 214 g/mol. The third-order valence-corrected chi connectivity index (χ3v) is 1.87. The third kappa shape index (κ3) is 4.37. The summed E-state index contributed by atoms with van der Waals surface area (Å²) >= 11 is 0. The lowest BCUT2D eigenvalue weighted by Crippen LogP contribution is -1.88. The van der Waals surface area contributed by atoms with E-state index < -0.39 is 0 Å². The standard InChI is InChI=1S/C8H8O.C5H6N2/c1-7(9)8-5-3-2-4-6-8;6-5-3-1-2-4-7-5/h2-6H,1H3;1-4H,(H2,6,7). The zero-order chi connectivity index (χ0) is 11.8. The highest BCUT2D eigenvalue weighted by Gasteiger charge is 1.92. The van der Waals surface area contributed by atoms with Crippen LogP contribution in [0.25, 0.3) is 0 Å². The van der Waals surface area contributed by atoms with E-state index in [0.717, 1.165) is 5.56 Å². The van der Waals surface area contributed by atoms with Gasteiger partial charge in [0.05, 0.1) is 0 Å². The number of ketones is 1. The minimum absolute atomic E-state index is 0.121. The molecule has 0 fully saturated rings. The molecule has 0 saturated heterocycles. The summed E-state index contributed by atoms with van der Waals surface area (Å²) in [7, 11) is 0. The molecule has 2 rings (SSSR count). The Kier molecular flexibility index (Phi) is 4.73. The Balaban J connectivity index is 0.000000165. The minimum Gasteiger partial charge on any atom is -0.384 e. The third-order valence-electron chi connectivity index (χ3n) is 1.87. The molecule has 16 heavy (non-hydrogen) atoms. The van der Waals surface area contributed by atoms with Gasteiger partial charge in [0.1, 0.15) is 5.82 Å². The predicted molar refractivity (Wildman–Crippen MR) is 65.1 cm³/mol. The molecular formula is C13H14N2O. The van der Waals surface area contributed by atoms with E-state index >= 15 is 0 Å². The second-order valence-corrected chi connectivity index (χ2v) is 3.18. The van der Waals surface area contributed by atoms with E-state index in [1.165, 1.54) is 0 Å². The van der Waals surface area contributed by atoms with Gasteiger partial charge in [-0.1, -0.05) is 36.4 Å². The summed E-state index contributed by atoms with van der Waals surface area (Å²) in [6.45, 7) is 1.56. The second kappa shape index (κ2) is 6.35. The number of rotatable bonds is 1. The Morgan fingerprint density at radius 1 is 1.06 bits per heavy atom. The largest absolute Gasteiger partial charge is 0.384 e. The quantitative estimate of drug-likeness (QED) is 0.742. The summed E-state index contributed by atoms with van der Waals surface area (Å²) in [5.74, 6) is 0.693. The average molecular weight is 214 g/mol. The molecule has 0 aliphatic carbocycles. The van der Waals surface area contributed by atoms with Gasteiger partial charge in [0.15, 0.2) is 5.78 Å². The lowest BCUT2D eigenvalue weighted by Gasteiger charge is -1.89. The lowest BCUT2D eigenvalue weighted by atomic mass is 10.2. The SMILES string of the molecule is CC(=O)c1ccccc1.Nc1ccccn1. The van der Waals surface area contributed by atoms with E-state index in [9.17, 15) is 4.79 Å². The number of hydrogen-bond donors (Lipinski definition) is 1. The molecule has 0 aliphatic heterocycles. The molecule has 0 radical (unpaired) electrons. The maximum absolute atomic E-state index is 10.6. The number of nitrogens with two attached hydrogens (primary N) is 1. The zero-order valence-corrected chi connectivity index (χ0v) is 9.13. The van der Waals surface area contributed by atoms with Crippen molar-refractivity contribution in [3.63, 3.8) is 0 Å². The van der Waals surface area contributed by atoms with Gasteiger partial charge in [-0.05, 0) is 19.1 Å². The van der Waals surface area contributed by atoms with Crippen LogP contribution in [-0.4, -0.2) is 10.8 Å². The van der Waals surface area contributed by atoms with Crippen molar-refractivity contribution in [1.29, 1.82) is 0 Å². The van der Waals surface area contributed by atoms with Crippen LogP contribution < -0.4 is 5.73 Å². The lowest BCUT2D eigenvalue weighted by molar-refractivity contribution is 0.101. The summed E-state index contributed by atoms with van der Waals surface area (Å²) in [5.41, 5.74) is 6.02. The topological polar surface area (TPSA) is 56.0 Å². The zero-order valence-electron chi connectivity index (χ0n) is 9.13. The minimum atomic E-state index is 0.121. The number of nitrogens with zero attached hydrogens (tertiary/aromatic N) is 1. The number of hydrogen-bond acceptors (Lipinski definition) is 3. The van der Waals surface area contributed by atoms with Crippen LogP contribution in [0, 0.1) is 0 Å². The Bertz CT molecular complexity index is 426. The fraction of sp³-hybridized carbons (Fsp3) is 0.0769. The van der Waals surface area contributed by atoms with Crippen molar-refractivity contribution >= 4 is 11.6 Å². The molecule has 0 unspecified atom stereocenters. The number of benzene rings is 1.